The first-order chi connectivity index (χ1) is 8.86. The Labute approximate surface area is 109 Å². The van der Waals surface area contributed by atoms with Crippen molar-refractivity contribution >= 4 is 6.08 Å². The minimum atomic E-state index is 0.451. The lowest BCUT2D eigenvalue weighted by atomic mass is 10.0. The van der Waals surface area contributed by atoms with Gasteiger partial charge in [0.1, 0.15) is 0 Å². The van der Waals surface area contributed by atoms with E-state index in [1.165, 1.54) is 11.1 Å². The molecule has 0 amide bonds. The zero-order valence-electron chi connectivity index (χ0n) is 10.7. The van der Waals surface area contributed by atoms with E-state index in [-0.39, 0.29) is 0 Å². The Kier molecular flexibility index (Phi) is 4.54. The van der Waals surface area contributed by atoms with Gasteiger partial charge >= 0.3 is 0 Å². The van der Waals surface area contributed by atoms with Crippen molar-refractivity contribution in [3.63, 3.8) is 0 Å². The molecule has 0 N–H and O–H groups in total. The maximum absolute atomic E-state index is 2.22. The van der Waals surface area contributed by atoms with E-state index in [9.17, 15) is 0 Å². The van der Waals surface area contributed by atoms with Gasteiger partial charge in [0, 0.05) is 0 Å². The Balaban J connectivity index is 1.94. The molecule has 2 aromatic rings. The fourth-order valence-electron chi connectivity index (χ4n) is 1.83. The van der Waals surface area contributed by atoms with Gasteiger partial charge in [0.25, 0.3) is 0 Å². The molecule has 0 aromatic heterocycles. The van der Waals surface area contributed by atoms with Crippen molar-refractivity contribution in [2.75, 3.05) is 0 Å². The minimum Gasteiger partial charge on any atom is -0.0773 e. The van der Waals surface area contributed by atoms with Crippen LogP contribution in [0.2, 0.25) is 0 Å². The number of hydrogen-bond donors (Lipinski definition) is 0. The highest BCUT2D eigenvalue weighted by atomic mass is 14.0. The molecule has 0 aliphatic heterocycles. The predicted molar refractivity (Wildman–Crippen MR) is 79.5 cm³/mol. The van der Waals surface area contributed by atoms with Crippen molar-refractivity contribution in [1.29, 1.82) is 0 Å². The Hall–Kier alpha value is -2.08. The highest BCUT2D eigenvalue weighted by Gasteiger charge is 1.97. The van der Waals surface area contributed by atoms with E-state index in [4.69, 9.17) is 0 Å². The Morgan fingerprint density at radius 3 is 2.06 bits per heavy atom. The molecular weight excluding hydrogens is 216 g/mol. The van der Waals surface area contributed by atoms with Crippen LogP contribution in [-0.4, -0.2) is 0 Å². The minimum absolute atomic E-state index is 0.451. The van der Waals surface area contributed by atoms with E-state index in [2.05, 4.69) is 85.8 Å². The normalized spacial score (nSPS) is 13.2. The molecule has 1 atom stereocenters. The maximum atomic E-state index is 2.22. The van der Waals surface area contributed by atoms with Crippen LogP contribution in [0.15, 0.2) is 78.9 Å². The average Bonchev–Trinajstić information content (AvgIpc) is 2.45. The van der Waals surface area contributed by atoms with Crippen molar-refractivity contribution in [3.05, 3.63) is 90.0 Å². The average molecular weight is 234 g/mol. The van der Waals surface area contributed by atoms with Crippen molar-refractivity contribution in [1.82, 2.24) is 0 Å². The van der Waals surface area contributed by atoms with E-state index in [0.717, 1.165) is 0 Å². The first kappa shape index (κ1) is 12.4. The molecule has 0 saturated carbocycles. The van der Waals surface area contributed by atoms with E-state index in [1.54, 1.807) is 0 Å². The molecule has 0 spiro atoms. The van der Waals surface area contributed by atoms with Crippen LogP contribution in [-0.2, 0) is 0 Å². The van der Waals surface area contributed by atoms with Crippen molar-refractivity contribution in [2.45, 2.75) is 12.8 Å². The highest BCUT2D eigenvalue weighted by Crippen LogP contribution is 2.15. The monoisotopic (exact) mass is 234 g/mol. The zero-order valence-corrected chi connectivity index (χ0v) is 10.7. The molecule has 0 heteroatoms. The number of rotatable bonds is 4. The molecule has 0 bridgehead atoms. The third-order valence-electron chi connectivity index (χ3n) is 2.92. The van der Waals surface area contributed by atoms with Gasteiger partial charge in [-0.2, -0.15) is 0 Å². The lowest BCUT2D eigenvalue weighted by molar-refractivity contribution is 0.968. The quantitative estimate of drug-likeness (QED) is 0.649. The summed E-state index contributed by atoms with van der Waals surface area (Å²) in [5, 5.41) is 0. The molecule has 2 rings (SSSR count). The Morgan fingerprint density at radius 1 is 0.778 bits per heavy atom. The summed E-state index contributed by atoms with van der Waals surface area (Å²) in [5.74, 6) is 0.451. The molecule has 0 fully saturated rings. The van der Waals surface area contributed by atoms with Gasteiger partial charge in [-0.05, 0) is 17.0 Å². The van der Waals surface area contributed by atoms with Gasteiger partial charge in [0.2, 0.25) is 0 Å². The topological polar surface area (TPSA) is 0 Å². The van der Waals surface area contributed by atoms with Gasteiger partial charge in [0.05, 0.1) is 0 Å². The van der Waals surface area contributed by atoms with E-state index < -0.39 is 0 Å². The molecule has 0 heterocycles. The molecule has 90 valence electrons. The number of benzene rings is 2. The van der Waals surface area contributed by atoms with Crippen LogP contribution >= 0.6 is 0 Å². The lowest BCUT2D eigenvalue weighted by Crippen LogP contribution is -1.86. The van der Waals surface area contributed by atoms with Gasteiger partial charge < -0.3 is 0 Å². The first-order valence-corrected chi connectivity index (χ1v) is 6.31. The van der Waals surface area contributed by atoms with Crippen LogP contribution in [0.5, 0.6) is 0 Å². The van der Waals surface area contributed by atoms with Crippen molar-refractivity contribution in [2.24, 2.45) is 0 Å². The number of allylic oxidation sites excluding steroid dienone is 3. The van der Waals surface area contributed by atoms with Crippen molar-refractivity contribution < 1.29 is 0 Å². The second-order valence-electron chi connectivity index (χ2n) is 4.35. The van der Waals surface area contributed by atoms with E-state index in [1.807, 2.05) is 6.07 Å². The summed E-state index contributed by atoms with van der Waals surface area (Å²) >= 11 is 0. The molecule has 0 aliphatic rings. The molecule has 0 aliphatic carbocycles. The molecular formula is C18H18. The fraction of sp³-hybridized carbons (Fsp3) is 0.111. The van der Waals surface area contributed by atoms with Crippen molar-refractivity contribution in [3.8, 4) is 0 Å². The summed E-state index contributed by atoms with van der Waals surface area (Å²) in [4.78, 5) is 0. The van der Waals surface area contributed by atoms with E-state index in [0.29, 0.717) is 5.92 Å². The third-order valence-corrected chi connectivity index (χ3v) is 2.92. The SMILES string of the molecule is C[C@@H](/C=C/C=C/c1ccccc1)c1ccccc1. The van der Waals surface area contributed by atoms with Crippen LogP contribution in [0.1, 0.15) is 24.0 Å². The predicted octanol–water partition coefficient (Wildman–Crippen LogP) is 5.06. The number of hydrogen-bond acceptors (Lipinski definition) is 0. The van der Waals surface area contributed by atoms with Gasteiger partial charge in [0.15, 0.2) is 0 Å². The smallest absolute Gasteiger partial charge is 0.000732 e. The van der Waals surface area contributed by atoms with Crippen LogP contribution in [0, 0.1) is 0 Å². The Morgan fingerprint density at radius 2 is 1.39 bits per heavy atom. The van der Waals surface area contributed by atoms with Crippen LogP contribution < -0.4 is 0 Å². The van der Waals surface area contributed by atoms with Gasteiger partial charge in [-0.15, -0.1) is 0 Å². The molecule has 2 aromatic carbocycles. The summed E-state index contributed by atoms with van der Waals surface area (Å²) in [6.07, 6.45) is 8.54. The standard InChI is InChI=1S/C18H18/c1-16(18-14-6-3-7-15-18)10-8-9-13-17-11-4-2-5-12-17/h2-16H,1H3/b10-8+,13-9+/t16-/m0/s1. The summed E-state index contributed by atoms with van der Waals surface area (Å²) in [7, 11) is 0. The summed E-state index contributed by atoms with van der Waals surface area (Å²) in [6.45, 7) is 2.21. The fourth-order valence-corrected chi connectivity index (χ4v) is 1.83. The maximum Gasteiger partial charge on any atom is -0.000732 e. The van der Waals surface area contributed by atoms with E-state index >= 15 is 0 Å². The largest absolute Gasteiger partial charge is 0.0773 e. The lowest BCUT2D eigenvalue weighted by Gasteiger charge is -2.04. The first-order valence-electron chi connectivity index (χ1n) is 6.31. The Bertz CT molecular complexity index is 506. The van der Waals surface area contributed by atoms with Gasteiger partial charge in [-0.25, -0.2) is 0 Å². The summed E-state index contributed by atoms with van der Waals surface area (Å²) in [6, 6.07) is 20.9. The van der Waals surface area contributed by atoms with Crippen LogP contribution in [0.25, 0.3) is 6.08 Å². The zero-order chi connectivity index (χ0) is 12.6. The molecule has 18 heavy (non-hydrogen) atoms. The van der Waals surface area contributed by atoms with Crippen LogP contribution in [0.4, 0.5) is 0 Å². The molecule has 0 radical (unpaired) electrons. The summed E-state index contributed by atoms with van der Waals surface area (Å²) in [5.41, 5.74) is 2.58. The highest BCUT2D eigenvalue weighted by molar-refractivity contribution is 5.50. The summed E-state index contributed by atoms with van der Waals surface area (Å²) < 4.78 is 0. The molecule has 0 saturated heterocycles. The van der Waals surface area contributed by atoms with Gasteiger partial charge in [-0.1, -0.05) is 91.9 Å². The van der Waals surface area contributed by atoms with Crippen LogP contribution in [0.3, 0.4) is 0 Å². The second kappa shape index (κ2) is 6.61. The molecule has 0 unspecified atom stereocenters. The molecule has 0 nitrogen and oxygen atoms in total. The van der Waals surface area contributed by atoms with Gasteiger partial charge in [-0.3, -0.25) is 0 Å². The second-order valence-corrected chi connectivity index (χ2v) is 4.35. The third kappa shape index (κ3) is 3.74.